The maximum atomic E-state index is 11.6. The molecule has 2 N–H and O–H groups in total. The van der Waals surface area contributed by atoms with E-state index < -0.39 is 0 Å². The molecule has 0 radical (unpaired) electrons. The van der Waals surface area contributed by atoms with Gasteiger partial charge in [-0.25, -0.2) is 4.79 Å². The fraction of sp³-hybridized carbons (Fsp3) is 0.0625. The van der Waals surface area contributed by atoms with Crippen LogP contribution < -0.4 is 10.6 Å². The van der Waals surface area contributed by atoms with Crippen LogP contribution in [0.4, 0.5) is 4.79 Å². The van der Waals surface area contributed by atoms with Crippen LogP contribution in [0.5, 0.6) is 0 Å². The maximum Gasteiger partial charge on any atom is 0.319 e. The van der Waals surface area contributed by atoms with Crippen LogP contribution in [0.1, 0.15) is 17.2 Å². The summed E-state index contributed by atoms with van der Waals surface area (Å²) in [4.78, 5) is 11.6. The van der Waals surface area contributed by atoms with Crippen molar-refractivity contribution in [2.45, 2.75) is 6.04 Å². The van der Waals surface area contributed by atoms with Gasteiger partial charge in [-0.05, 0) is 11.1 Å². The highest BCUT2D eigenvalue weighted by molar-refractivity contribution is 5.85. The molecule has 0 saturated heterocycles. The minimum atomic E-state index is -0.173. The summed E-state index contributed by atoms with van der Waals surface area (Å²) in [5, 5.41) is 5.68. The van der Waals surface area contributed by atoms with Gasteiger partial charge in [-0.1, -0.05) is 60.7 Å². The molecule has 0 unspecified atom stereocenters. The Hall–Kier alpha value is -2.55. The molecule has 19 heavy (non-hydrogen) atoms. The van der Waals surface area contributed by atoms with Crippen molar-refractivity contribution in [2.24, 2.45) is 0 Å². The smallest absolute Gasteiger partial charge is 0.319 e. The Labute approximate surface area is 112 Å². The molecule has 2 aromatic rings. The molecule has 0 fully saturated rings. The van der Waals surface area contributed by atoms with Crippen LogP contribution in [0.3, 0.4) is 0 Å². The van der Waals surface area contributed by atoms with E-state index in [4.69, 9.17) is 0 Å². The monoisotopic (exact) mass is 250 g/mol. The second-order valence-electron chi connectivity index (χ2n) is 4.43. The van der Waals surface area contributed by atoms with Crippen molar-refractivity contribution in [1.29, 1.82) is 0 Å². The first-order chi connectivity index (χ1) is 9.34. The molecule has 0 saturated carbocycles. The summed E-state index contributed by atoms with van der Waals surface area (Å²) in [6, 6.07) is 19.7. The standard InChI is InChI=1S/C16H14N2O/c19-16-17-11-14(12-7-3-1-4-8-12)15(18-16)13-9-5-2-6-10-13/h1-11,15H,(H2,17,18,19)/t15-/m1/s1. The van der Waals surface area contributed by atoms with Gasteiger partial charge in [-0.2, -0.15) is 0 Å². The van der Waals surface area contributed by atoms with Crippen molar-refractivity contribution in [2.75, 3.05) is 0 Å². The van der Waals surface area contributed by atoms with Crippen molar-refractivity contribution in [3.63, 3.8) is 0 Å². The third kappa shape index (κ3) is 2.36. The van der Waals surface area contributed by atoms with Gasteiger partial charge in [0.05, 0.1) is 6.04 Å². The normalized spacial score (nSPS) is 18.2. The average molecular weight is 250 g/mol. The van der Waals surface area contributed by atoms with Crippen LogP contribution in [0, 0.1) is 0 Å². The Morgan fingerprint density at radius 3 is 2.16 bits per heavy atom. The zero-order valence-electron chi connectivity index (χ0n) is 10.3. The van der Waals surface area contributed by atoms with E-state index in [1.54, 1.807) is 6.20 Å². The number of carbonyl (C=O) groups excluding carboxylic acids is 1. The van der Waals surface area contributed by atoms with Gasteiger partial charge in [-0.15, -0.1) is 0 Å². The largest absolute Gasteiger partial charge is 0.327 e. The van der Waals surface area contributed by atoms with Gasteiger partial charge in [0.15, 0.2) is 0 Å². The topological polar surface area (TPSA) is 41.1 Å². The highest BCUT2D eigenvalue weighted by atomic mass is 16.2. The van der Waals surface area contributed by atoms with E-state index in [0.29, 0.717) is 0 Å². The summed E-state index contributed by atoms with van der Waals surface area (Å²) in [6.45, 7) is 0. The lowest BCUT2D eigenvalue weighted by molar-refractivity contribution is 0.241. The molecule has 1 heterocycles. The molecule has 1 atom stereocenters. The van der Waals surface area contributed by atoms with Crippen molar-refractivity contribution in [3.05, 3.63) is 78.0 Å². The first-order valence-electron chi connectivity index (χ1n) is 6.22. The average Bonchev–Trinajstić information content (AvgIpc) is 2.49. The first-order valence-corrected chi connectivity index (χ1v) is 6.22. The first kappa shape index (κ1) is 11.5. The Morgan fingerprint density at radius 2 is 1.47 bits per heavy atom. The summed E-state index contributed by atoms with van der Waals surface area (Å²) in [7, 11) is 0. The molecule has 3 rings (SSSR count). The van der Waals surface area contributed by atoms with E-state index in [2.05, 4.69) is 10.6 Å². The zero-order valence-corrected chi connectivity index (χ0v) is 10.3. The van der Waals surface area contributed by atoms with E-state index in [-0.39, 0.29) is 12.1 Å². The summed E-state index contributed by atoms with van der Waals surface area (Å²) in [5.74, 6) is 0. The second-order valence-corrected chi connectivity index (χ2v) is 4.43. The molecule has 3 nitrogen and oxygen atoms in total. The molecule has 0 aromatic heterocycles. The van der Waals surface area contributed by atoms with E-state index in [9.17, 15) is 4.79 Å². The van der Waals surface area contributed by atoms with E-state index >= 15 is 0 Å². The molecule has 0 aliphatic carbocycles. The summed E-state index contributed by atoms with van der Waals surface area (Å²) < 4.78 is 0. The van der Waals surface area contributed by atoms with Crippen LogP contribution in [0.2, 0.25) is 0 Å². The lowest BCUT2D eigenvalue weighted by atomic mass is 9.93. The van der Waals surface area contributed by atoms with Crippen LogP contribution in [0.25, 0.3) is 5.57 Å². The van der Waals surface area contributed by atoms with Crippen molar-refractivity contribution < 1.29 is 4.79 Å². The number of hydrogen-bond donors (Lipinski definition) is 2. The zero-order chi connectivity index (χ0) is 13.1. The van der Waals surface area contributed by atoms with Crippen molar-refractivity contribution >= 4 is 11.6 Å². The SMILES string of the molecule is O=C1NC=C(c2ccccc2)[C@@H](c2ccccc2)N1. The van der Waals surface area contributed by atoms with Gasteiger partial charge in [0.1, 0.15) is 0 Å². The Morgan fingerprint density at radius 1 is 0.842 bits per heavy atom. The molecule has 94 valence electrons. The number of urea groups is 1. The fourth-order valence-electron chi connectivity index (χ4n) is 2.27. The third-order valence-electron chi connectivity index (χ3n) is 3.19. The highest BCUT2D eigenvalue weighted by Crippen LogP contribution is 2.30. The van der Waals surface area contributed by atoms with Gasteiger partial charge >= 0.3 is 6.03 Å². The van der Waals surface area contributed by atoms with Crippen LogP contribution >= 0.6 is 0 Å². The lowest BCUT2D eigenvalue weighted by Gasteiger charge is -2.26. The molecule has 2 amide bonds. The third-order valence-corrected chi connectivity index (χ3v) is 3.19. The Kier molecular flexibility index (Phi) is 3.02. The van der Waals surface area contributed by atoms with E-state index in [0.717, 1.165) is 16.7 Å². The van der Waals surface area contributed by atoms with Gasteiger partial charge in [0, 0.05) is 11.8 Å². The number of rotatable bonds is 2. The molecule has 2 aromatic carbocycles. The Bertz CT molecular complexity index is 605. The number of amides is 2. The van der Waals surface area contributed by atoms with E-state index in [1.807, 2.05) is 60.7 Å². The molecule has 0 bridgehead atoms. The highest BCUT2D eigenvalue weighted by Gasteiger charge is 2.23. The minimum absolute atomic E-state index is 0.114. The Balaban J connectivity index is 2.03. The number of carbonyl (C=O) groups is 1. The summed E-state index contributed by atoms with van der Waals surface area (Å²) >= 11 is 0. The number of nitrogens with one attached hydrogen (secondary N) is 2. The maximum absolute atomic E-state index is 11.6. The van der Waals surface area contributed by atoms with Gasteiger partial charge in [-0.3, -0.25) is 0 Å². The van der Waals surface area contributed by atoms with Crippen molar-refractivity contribution in [3.8, 4) is 0 Å². The molecular weight excluding hydrogens is 236 g/mol. The van der Waals surface area contributed by atoms with E-state index in [1.165, 1.54) is 0 Å². The predicted octanol–water partition coefficient (Wildman–Crippen LogP) is 3.08. The quantitative estimate of drug-likeness (QED) is 0.845. The second kappa shape index (κ2) is 4.98. The molecular formula is C16H14N2O. The fourth-order valence-corrected chi connectivity index (χ4v) is 2.27. The molecule has 3 heteroatoms. The minimum Gasteiger partial charge on any atom is -0.327 e. The van der Waals surface area contributed by atoms with Crippen LogP contribution in [-0.2, 0) is 0 Å². The number of benzene rings is 2. The van der Waals surface area contributed by atoms with Gasteiger partial charge < -0.3 is 10.6 Å². The van der Waals surface area contributed by atoms with Crippen LogP contribution in [-0.4, -0.2) is 6.03 Å². The number of hydrogen-bond acceptors (Lipinski definition) is 1. The lowest BCUT2D eigenvalue weighted by Crippen LogP contribution is -2.40. The molecule has 1 aliphatic rings. The summed E-state index contributed by atoms with van der Waals surface area (Å²) in [6.07, 6.45) is 1.78. The predicted molar refractivity (Wildman–Crippen MR) is 75.3 cm³/mol. The molecule has 0 spiro atoms. The summed E-state index contributed by atoms with van der Waals surface area (Å²) in [5.41, 5.74) is 3.24. The molecule has 1 aliphatic heterocycles. The van der Waals surface area contributed by atoms with Gasteiger partial charge in [0.25, 0.3) is 0 Å². The van der Waals surface area contributed by atoms with Gasteiger partial charge in [0.2, 0.25) is 0 Å². The van der Waals surface area contributed by atoms with Crippen molar-refractivity contribution in [1.82, 2.24) is 10.6 Å². The van der Waals surface area contributed by atoms with Crippen LogP contribution in [0.15, 0.2) is 66.9 Å².